The Morgan fingerprint density at radius 1 is 1.10 bits per heavy atom. The van der Waals surface area contributed by atoms with Crippen LogP contribution in [0, 0.1) is 12.7 Å². The number of benzene rings is 2. The van der Waals surface area contributed by atoms with E-state index in [0.29, 0.717) is 43.2 Å². The van der Waals surface area contributed by atoms with Crippen molar-refractivity contribution in [3.63, 3.8) is 0 Å². The molecule has 0 saturated carbocycles. The minimum absolute atomic E-state index is 0.165. The zero-order valence-corrected chi connectivity index (χ0v) is 17.1. The van der Waals surface area contributed by atoms with Gasteiger partial charge in [0.05, 0.1) is 18.1 Å². The van der Waals surface area contributed by atoms with E-state index < -0.39 is 16.1 Å². The summed E-state index contributed by atoms with van der Waals surface area (Å²) in [6, 6.07) is 10.1. The lowest BCUT2D eigenvalue weighted by molar-refractivity contribution is -0.116. The number of morpholine rings is 1. The molecule has 0 radical (unpaired) electrons. The average Bonchev–Trinajstić information content (AvgIpc) is 2.72. The third-order valence-electron chi connectivity index (χ3n) is 4.68. The third-order valence-corrected chi connectivity index (χ3v) is 6.59. The van der Waals surface area contributed by atoms with Crippen LogP contribution in [0.5, 0.6) is 0 Å². The van der Waals surface area contributed by atoms with Crippen molar-refractivity contribution in [2.45, 2.75) is 24.8 Å². The number of anilines is 2. The van der Waals surface area contributed by atoms with Crippen molar-refractivity contribution in [2.75, 3.05) is 36.9 Å². The van der Waals surface area contributed by atoms with Crippen LogP contribution in [0.4, 0.5) is 15.8 Å². The van der Waals surface area contributed by atoms with Crippen LogP contribution in [0.1, 0.15) is 12.5 Å². The van der Waals surface area contributed by atoms with Gasteiger partial charge in [-0.2, -0.15) is 4.31 Å². The van der Waals surface area contributed by atoms with Crippen LogP contribution < -0.4 is 10.6 Å². The Balaban J connectivity index is 1.62. The van der Waals surface area contributed by atoms with Crippen molar-refractivity contribution in [3.8, 4) is 0 Å². The first-order chi connectivity index (χ1) is 13.8. The van der Waals surface area contributed by atoms with Gasteiger partial charge in [-0.25, -0.2) is 12.8 Å². The molecule has 1 fully saturated rings. The largest absolute Gasteiger partial charge is 0.379 e. The molecule has 7 nitrogen and oxygen atoms in total. The van der Waals surface area contributed by atoms with Crippen molar-refractivity contribution in [3.05, 3.63) is 53.8 Å². The lowest BCUT2D eigenvalue weighted by Crippen LogP contribution is -2.40. The smallest absolute Gasteiger partial charge is 0.246 e. The van der Waals surface area contributed by atoms with E-state index in [4.69, 9.17) is 4.74 Å². The number of nitrogens with one attached hydrogen (secondary N) is 2. The Kier molecular flexibility index (Phi) is 6.51. The quantitative estimate of drug-likeness (QED) is 0.749. The lowest BCUT2D eigenvalue weighted by atomic mass is 10.2. The number of carbonyl (C=O) groups excluding carboxylic acids is 1. The van der Waals surface area contributed by atoms with E-state index in [-0.39, 0.29) is 16.6 Å². The van der Waals surface area contributed by atoms with E-state index in [2.05, 4.69) is 10.6 Å². The van der Waals surface area contributed by atoms with Crippen molar-refractivity contribution in [1.82, 2.24) is 4.31 Å². The van der Waals surface area contributed by atoms with Gasteiger partial charge in [0.15, 0.2) is 0 Å². The molecule has 0 aromatic heterocycles. The van der Waals surface area contributed by atoms with Crippen LogP contribution in [0.15, 0.2) is 47.4 Å². The van der Waals surface area contributed by atoms with Gasteiger partial charge in [0.2, 0.25) is 15.9 Å². The van der Waals surface area contributed by atoms with Crippen LogP contribution in [0.3, 0.4) is 0 Å². The Morgan fingerprint density at radius 2 is 1.72 bits per heavy atom. The number of hydrogen-bond acceptors (Lipinski definition) is 5. The van der Waals surface area contributed by atoms with E-state index in [1.54, 1.807) is 38.1 Å². The second-order valence-corrected chi connectivity index (χ2v) is 8.80. The number of hydrogen-bond donors (Lipinski definition) is 2. The molecule has 3 rings (SSSR count). The molecule has 1 aliphatic heterocycles. The van der Waals surface area contributed by atoms with Crippen LogP contribution in [-0.2, 0) is 19.6 Å². The molecule has 0 unspecified atom stereocenters. The zero-order valence-electron chi connectivity index (χ0n) is 16.3. The highest BCUT2D eigenvalue weighted by Crippen LogP contribution is 2.20. The predicted octanol–water partition coefficient (Wildman–Crippen LogP) is 2.59. The zero-order chi connectivity index (χ0) is 21.0. The van der Waals surface area contributed by atoms with Crippen LogP contribution >= 0.6 is 0 Å². The summed E-state index contributed by atoms with van der Waals surface area (Å²) in [4.78, 5) is 12.6. The lowest BCUT2D eigenvalue weighted by Gasteiger charge is -2.26. The van der Waals surface area contributed by atoms with E-state index in [1.165, 1.54) is 22.5 Å². The topological polar surface area (TPSA) is 87.7 Å². The fourth-order valence-electron chi connectivity index (χ4n) is 2.89. The maximum absolute atomic E-state index is 13.6. The molecule has 0 spiro atoms. The molecule has 29 heavy (non-hydrogen) atoms. The van der Waals surface area contributed by atoms with Gasteiger partial charge in [0.25, 0.3) is 0 Å². The second-order valence-electron chi connectivity index (χ2n) is 6.86. The highest BCUT2D eigenvalue weighted by Gasteiger charge is 2.26. The molecule has 1 atom stereocenters. The molecule has 1 saturated heterocycles. The molecule has 2 aromatic carbocycles. The maximum Gasteiger partial charge on any atom is 0.246 e. The number of rotatable bonds is 6. The summed E-state index contributed by atoms with van der Waals surface area (Å²) in [5.41, 5.74) is 1.50. The van der Waals surface area contributed by atoms with E-state index in [1.807, 2.05) is 0 Å². The molecule has 9 heteroatoms. The molecule has 156 valence electrons. The number of aryl methyl sites for hydroxylation is 1. The number of halogens is 1. The molecule has 2 aromatic rings. The van der Waals surface area contributed by atoms with Crippen molar-refractivity contribution in [2.24, 2.45) is 0 Å². The fourth-order valence-corrected chi connectivity index (χ4v) is 4.30. The molecule has 2 N–H and O–H groups in total. The predicted molar refractivity (Wildman–Crippen MR) is 109 cm³/mol. The molecule has 1 amide bonds. The number of ether oxygens (including phenoxy) is 1. The summed E-state index contributed by atoms with van der Waals surface area (Å²) in [6.45, 7) is 4.72. The van der Waals surface area contributed by atoms with Gasteiger partial charge in [-0.3, -0.25) is 4.79 Å². The van der Waals surface area contributed by atoms with Gasteiger partial charge in [-0.15, -0.1) is 0 Å². The number of amides is 1. The molecular weight excluding hydrogens is 397 g/mol. The summed E-state index contributed by atoms with van der Waals surface area (Å²) in [7, 11) is -3.58. The highest BCUT2D eigenvalue weighted by atomic mass is 32.2. The Labute approximate surface area is 169 Å². The van der Waals surface area contributed by atoms with Gasteiger partial charge in [-0.05, 0) is 55.8 Å². The molecule has 1 heterocycles. The average molecular weight is 421 g/mol. The van der Waals surface area contributed by atoms with Gasteiger partial charge in [-0.1, -0.05) is 6.07 Å². The van der Waals surface area contributed by atoms with Crippen molar-refractivity contribution in [1.29, 1.82) is 0 Å². The van der Waals surface area contributed by atoms with E-state index in [9.17, 15) is 17.6 Å². The SMILES string of the molecule is Cc1ccc(N[C@@H](C)C(=O)Nc2ccc(S(=O)(=O)N3CCOCC3)cc2)cc1F. The second kappa shape index (κ2) is 8.89. The Bertz CT molecular complexity index is 974. The normalized spacial score (nSPS) is 16.2. The van der Waals surface area contributed by atoms with Crippen molar-refractivity contribution >= 4 is 27.3 Å². The van der Waals surface area contributed by atoms with E-state index >= 15 is 0 Å². The van der Waals surface area contributed by atoms with Gasteiger partial charge >= 0.3 is 0 Å². The summed E-state index contributed by atoms with van der Waals surface area (Å²) in [6.07, 6.45) is 0. The monoisotopic (exact) mass is 421 g/mol. The first kappa shape index (κ1) is 21.2. The van der Waals surface area contributed by atoms with Gasteiger partial charge < -0.3 is 15.4 Å². The van der Waals surface area contributed by atoms with Crippen molar-refractivity contribution < 1.29 is 22.3 Å². The van der Waals surface area contributed by atoms with Crippen LogP contribution in [0.2, 0.25) is 0 Å². The summed E-state index contributed by atoms with van der Waals surface area (Å²) >= 11 is 0. The Hall–Kier alpha value is -2.49. The van der Waals surface area contributed by atoms with E-state index in [0.717, 1.165) is 0 Å². The summed E-state index contributed by atoms with van der Waals surface area (Å²) < 4.78 is 45.5. The number of nitrogens with zero attached hydrogens (tertiary/aromatic N) is 1. The Morgan fingerprint density at radius 3 is 2.34 bits per heavy atom. The maximum atomic E-state index is 13.6. The fraction of sp³-hybridized carbons (Fsp3) is 0.350. The molecule has 0 bridgehead atoms. The molecule has 1 aliphatic rings. The minimum atomic E-state index is -3.58. The van der Waals surface area contributed by atoms with Crippen LogP contribution in [0.25, 0.3) is 0 Å². The first-order valence-electron chi connectivity index (χ1n) is 9.29. The summed E-state index contributed by atoms with van der Waals surface area (Å²) in [5.74, 6) is -0.672. The number of carbonyl (C=O) groups is 1. The minimum Gasteiger partial charge on any atom is -0.379 e. The summed E-state index contributed by atoms with van der Waals surface area (Å²) in [5, 5.41) is 5.66. The van der Waals surface area contributed by atoms with Crippen LogP contribution in [-0.4, -0.2) is 51.0 Å². The standard InChI is InChI=1S/C20H24FN3O4S/c1-14-3-4-17(13-19(14)21)22-15(2)20(25)23-16-5-7-18(8-6-16)29(26,27)24-9-11-28-12-10-24/h3-8,13,15,22H,9-12H2,1-2H3,(H,23,25)/t15-/m0/s1. The highest BCUT2D eigenvalue weighted by molar-refractivity contribution is 7.89. The van der Waals surface area contributed by atoms with Gasteiger partial charge in [0.1, 0.15) is 11.9 Å². The number of sulfonamides is 1. The van der Waals surface area contributed by atoms with Gasteiger partial charge in [0, 0.05) is 24.5 Å². The third kappa shape index (κ3) is 5.11. The molecule has 0 aliphatic carbocycles. The molecular formula is C20H24FN3O4S. The first-order valence-corrected chi connectivity index (χ1v) is 10.7.